The van der Waals surface area contributed by atoms with Crippen LogP contribution in [0, 0.1) is 10.1 Å². The zero-order valence-electron chi connectivity index (χ0n) is 13.4. The minimum atomic E-state index is -0.529. The smallest absolute Gasteiger partial charge is 0.270 e. The number of hydrogen-bond donors (Lipinski definition) is 1. The highest BCUT2D eigenvalue weighted by molar-refractivity contribution is 5.95. The topological polar surface area (TPSA) is 92.5 Å². The third-order valence-corrected chi connectivity index (χ3v) is 4.18. The Morgan fingerprint density at radius 2 is 1.92 bits per heavy atom. The molecular formula is C18H17N3O4. The van der Waals surface area contributed by atoms with Crippen molar-refractivity contribution in [3.63, 3.8) is 0 Å². The van der Waals surface area contributed by atoms with Crippen molar-refractivity contribution in [3.8, 4) is 0 Å². The van der Waals surface area contributed by atoms with E-state index in [9.17, 15) is 19.7 Å². The van der Waals surface area contributed by atoms with Gasteiger partial charge >= 0.3 is 0 Å². The molecule has 2 amide bonds. The Labute approximate surface area is 144 Å². The van der Waals surface area contributed by atoms with Crippen molar-refractivity contribution >= 4 is 17.5 Å². The lowest BCUT2D eigenvalue weighted by Gasteiger charge is -2.29. The summed E-state index contributed by atoms with van der Waals surface area (Å²) in [6, 6.07) is 14.6. The number of benzene rings is 2. The van der Waals surface area contributed by atoms with Gasteiger partial charge in [-0.2, -0.15) is 0 Å². The summed E-state index contributed by atoms with van der Waals surface area (Å²) in [6.07, 6.45) is 0.157. The summed E-state index contributed by atoms with van der Waals surface area (Å²) in [5.41, 5.74) is 0.967. The molecule has 1 aliphatic rings. The van der Waals surface area contributed by atoms with Crippen molar-refractivity contribution in [3.05, 3.63) is 75.8 Å². The van der Waals surface area contributed by atoms with E-state index < -0.39 is 11.0 Å². The van der Waals surface area contributed by atoms with Gasteiger partial charge in [0, 0.05) is 30.8 Å². The Morgan fingerprint density at radius 3 is 2.64 bits per heavy atom. The number of carbonyl (C=O) groups excluding carboxylic acids is 2. The first-order valence-electron chi connectivity index (χ1n) is 7.93. The SMILES string of the molecule is O=C1C[C@@H](c2ccccc2)N(C(=O)c2cccc([N+](=O)[O-])c2)CCN1. The van der Waals surface area contributed by atoms with Crippen LogP contribution < -0.4 is 5.32 Å². The number of nitro benzene ring substituents is 1. The molecule has 1 saturated heterocycles. The molecule has 1 heterocycles. The molecule has 25 heavy (non-hydrogen) atoms. The first-order valence-corrected chi connectivity index (χ1v) is 7.93. The monoisotopic (exact) mass is 339 g/mol. The quantitative estimate of drug-likeness (QED) is 0.686. The van der Waals surface area contributed by atoms with E-state index in [4.69, 9.17) is 0 Å². The number of nitro groups is 1. The van der Waals surface area contributed by atoms with Gasteiger partial charge in [0.15, 0.2) is 0 Å². The largest absolute Gasteiger partial charge is 0.354 e. The summed E-state index contributed by atoms with van der Waals surface area (Å²) in [5, 5.41) is 13.7. The number of nitrogens with zero attached hydrogens (tertiary/aromatic N) is 2. The van der Waals surface area contributed by atoms with Crippen LogP contribution >= 0.6 is 0 Å². The molecule has 2 aromatic rings. The van der Waals surface area contributed by atoms with Gasteiger partial charge in [-0.25, -0.2) is 0 Å². The van der Waals surface area contributed by atoms with Crippen molar-refractivity contribution in [2.45, 2.75) is 12.5 Å². The number of amides is 2. The van der Waals surface area contributed by atoms with Crippen LogP contribution in [-0.4, -0.2) is 34.7 Å². The highest BCUT2D eigenvalue weighted by atomic mass is 16.6. The number of nitrogens with one attached hydrogen (secondary N) is 1. The first kappa shape index (κ1) is 16.6. The Balaban J connectivity index is 1.96. The van der Waals surface area contributed by atoms with Crippen molar-refractivity contribution in [1.82, 2.24) is 10.2 Å². The summed E-state index contributed by atoms with van der Waals surface area (Å²) in [7, 11) is 0. The van der Waals surface area contributed by atoms with Crippen molar-refractivity contribution in [1.29, 1.82) is 0 Å². The summed E-state index contributed by atoms with van der Waals surface area (Å²) < 4.78 is 0. The third kappa shape index (κ3) is 3.65. The standard InChI is InChI=1S/C18H17N3O4/c22-17-12-16(13-5-2-1-3-6-13)20(10-9-19-17)18(23)14-7-4-8-15(11-14)21(24)25/h1-8,11,16H,9-10,12H2,(H,19,22)/t16-/m0/s1. The second-order valence-corrected chi connectivity index (χ2v) is 5.79. The molecule has 3 rings (SSSR count). The van der Waals surface area contributed by atoms with Crippen LogP contribution in [0.4, 0.5) is 5.69 Å². The van der Waals surface area contributed by atoms with E-state index in [1.807, 2.05) is 30.3 Å². The fourth-order valence-corrected chi connectivity index (χ4v) is 2.96. The summed E-state index contributed by atoms with van der Waals surface area (Å²) in [4.78, 5) is 37.0. The number of hydrogen-bond acceptors (Lipinski definition) is 4. The Bertz CT molecular complexity index is 807. The summed E-state index contributed by atoms with van der Waals surface area (Å²) >= 11 is 0. The van der Waals surface area contributed by atoms with E-state index >= 15 is 0 Å². The fraction of sp³-hybridized carbons (Fsp3) is 0.222. The molecule has 0 unspecified atom stereocenters. The van der Waals surface area contributed by atoms with Gasteiger partial charge in [-0.3, -0.25) is 19.7 Å². The van der Waals surface area contributed by atoms with Gasteiger partial charge in [0.25, 0.3) is 11.6 Å². The van der Waals surface area contributed by atoms with E-state index in [0.717, 1.165) is 5.56 Å². The second-order valence-electron chi connectivity index (χ2n) is 5.79. The molecule has 0 bridgehead atoms. The van der Waals surface area contributed by atoms with E-state index in [1.165, 1.54) is 18.2 Å². The van der Waals surface area contributed by atoms with Crippen LogP contribution in [0.15, 0.2) is 54.6 Å². The predicted octanol–water partition coefficient (Wildman–Crippen LogP) is 2.30. The minimum absolute atomic E-state index is 0.122. The second kappa shape index (κ2) is 7.12. The van der Waals surface area contributed by atoms with E-state index in [-0.39, 0.29) is 29.5 Å². The van der Waals surface area contributed by atoms with Crippen molar-refractivity contribution in [2.75, 3.05) is 13.1 Å². The predicted molar refractivity (Wildman–Crippen MR) is 90.9 cm³/mol. The Kier molecular flexibility index (Phi) is 4.74. The highest BCUT2D eigenvalue weighted by Gasteiger charge is 2.30. The van der Waals surface area contributed by atoms with Crippen LogP contribution in [-0.2, 0) is 4.79 Å². The highest BCUT2D eigenvalue weighted by Crippen LogP contribution is 2.28. The first-order chi connectivity index (χ1) is 12.1. The van der Waals surface area contributed by atoms with Gasteiger partial charge in [0.2, 0.25) is 5.91 Å². The van der Waals surface area contributed by atoms with Crippen LogP contribution in [0.25, 0.3) is 0 Å². The average molecular weight is 339 g/mol. The fourth-order valence-electron chi connectivity index (χ4n) is 2.96. The molecule has 1 aliphatic heterocycles. The number of rotatable bonds is 3. The van der Waals surface area contributed by atoms with Crippen LogP contribution in [0.5, 0.6) is 0 Å². The molecule has 7 heteroatoms. The lowest BCUT2D eigenvalue weighted by molar-refractivity contribution is -0.384. The van der Waals surface area contributed by atoms with Gasteiger partial charge in [0.1, 0.15) is 0 Å². The van der Waals surface area contributed by atoms with Crippen LogP contribution in [0.3, 0.4) is 0 Å². The zero-order chi connectivity index (χ0) is 17.8. The van der Waals surface area contributed by atoms with E-state index in [1.54, 1.807) is 11.0 Å². The van der Waals surface area contributed by atoms with Crippen molar-refractivity contribution < 1.29 is 14.5 Å². The number of non-ortho nitro benzene ring substituents is 1. The van der Waals surface area contributed by atoms with E-state index in [2.05, 4.69) is 5.32 Å². The zero-order valence-corrected chi connectivity index (χ0v) is 13.4. The molecule has 2 aromatic carbocycles. The van der Waals surface area contributed by atoms with E-state index in [0.29, 0.717) is 13.1 Å². The molecular weight excluding hydrogens is 322 g/mol. The van der Waals surface area contributed by atoms with Gasteiger partial charge in [-0.1, -0.05) is 36.4 Å². The van der Waals surface area contributed by atoms with Crippen LogP contribution in [0.1, 0.15) is 28.4 Å². The molecule has 0 aromatic heterocycles. The Morgan fingerprint density at radius 1 is 1.16 bits per heavy atom. The molecule has 128 valence electrons. The third-order valence-electron chi connectivity index (χ3n) is 4.18. The molecule has 0 saturated carbocycles. The maximum Gasteiger partial charge on any atom is 0.270 e. The summed E-state index contributed by atoms with van der Waals surface area (Å²) in [5.74, 6) is -0.447. The molecule has 0 radical (unpaired) electrons. The van der Waals surface area contributed by atoms with Gasteiger partial charge in [0.05, 0.1) is 17.4 Å². The molecule has 0 aliphatic carbocycles. The minimum Gasteiger partial charge on any atom is -0.354 e. The summed E-state index contributed by atoms with van der Waals surface area (Å²) in [6.45, 7) is 0.690. The maximum atomic E-state index is 13.0. The molecule has 0 spiro atoms. The molecule has 1 fully saturated rings. The number of carbonyl (C=O) groups is 2. The Hall–Kier alpha value is -3.22. The van der Waals surface area contributed by atoms with Gasteiger partial charge < -0.3 is 10.2 Å². The normalized spacial score (nSPS) is 17.5. The van der Waals surface area contributed by atoms with Gasteiger partial charge in [-0.15, -0.1) is 0 Å². The molecule has 7 nitrogen and oxygen atoms in total. The maximum absolute atomic E-state index is 13.0. The molecule has 1 N–H and O–H groups in total. The lowest BCUT2D eigenvalue weighted by atomic mass is 10.0. The molecule has 1 atom stereocenters. The van der Waals surface area contributed by atoms with Crippen LogP contribution in [0.2, 0.25) is 0 Å². The lowest BCUT2D eigenvalue weighted by Crippen LogP contribution is -2.36. The average Bonchev–Trinajstić information content (AvgIpc) is 2.83. The van der Waals surface area contributed by atoms with Gasteiger partial charge in [-0.05, 0) is 11.6 Å². The van der Waals surface area contributed by atoms with Crippen molar-refractivity contribution in [2.24, 2.45) is 0 Å².